The molecule has 33 heavy (non-hydrogen) atoms. The second-order valence-corrected chi connectivity index (χ2v) is 9.95. The lowest BCUT2D eigenvalue weighted by molar-refractivity contribution is 0.137. The summed E-state index contributed by atoms with van der Waals surface area (Å²) in [6, 6.07) is 18.2. The monoisotopic (exact) mass is 477 g/mol. The van der Waals surface area contributed by atoms with E-state index in [1.54, 1.807) is 11.4 Å². The fourth-order valence-electron chi connectivity index (χ4n) is 4.19. The molecule has 0 spiro atoms. The molecule has 0 unspecified atom stereocenters. The summed E-state index contributed by atoms with van der Waals surface area (Å²) in [5, 5.41) is 13.9. The van der Waals surface area contributed by atoms with Gasteiger partial charge in [-0.05, 0) is 29.2 Å². The summed E-state index contributed by atoms with van der Waals surface area (Å²) in [4.78, 5) is 10.8. The molecule has 3 atom stereocenters. The van der Waals surface area contributed by atoms with E-state index in [9.17, 15) is 8.42 Å². The molecule has 0 aromatic heterocycles. The summed E-state index contributed by atoms with van der Waals surface area (Å²) < 4.78 is 35.5. The number of benzene rings is 2. The zero-order chi connectivity index (χ0) is 24.0. The molecule has 10 heteroatoms. The van der Waals surface area contributed by atoms with Crippen molar-refractivity contribution in [2.45, 2.75) is 25.4 Å². The molecule has 1 aliphatic heterocycles. The minimum Gasteiger partial charge on any atom is -0.497 e. The van der Waals surface area contributed by atoms with E-state index >= 15 is 0 Å². The first-order valence-electron chi connectivity index (χ1n) is 10.8. The highest BCUT2D eigenvalue weighted by atomic mass is 32.2. The molecule has 1 aliphatic carbocycles. The van der Waals surface area contributed by atoms with Crippen LogP contribution in [-0.2, 0) is 16.8 Å². The van der Waals surface area contributed by atoms with Crippen molar-refractivity contribution in [3.63, 3.8) is 0 Å². The van der Waals surface area contributed by atoms with Crippen molar-refractivity contribution in [2.24, 2.45) is 5.92 Å². The molecule has 9 nitrogen and oxygen atoms in total. The molecule has 1 saturated carbocycles. The number of methoxy groups -OCH3 is 1. The van der Waals surface area contributed by atoms with Crippen molar-refractivity contribution in [1.29, 1.82) is 0 Å². The molecule has 4 rings (SSSR count). The van der Waals surface area contributed by atoms with Crippen LogP contribution >= 0.6 is 0 Å². The third-order valence-corrected chi connectivity index (χ3v) is 7.70. The highest BCUT2D eigenvalue weighted by Crippen LogP contribution is 2.47. The summed E-state index contributed by atoms with van der Waals surface area (Å²) in [5.74, 6) is 1.43. The maximum absolute atomic E-state index is 12.9. The predicted molar refractivity (Wildman–Crippen MR) is 125 cm³/mol. The van der Waals surface area contributed by atoms with Gasteiger partial charge in [0.15, 0.2) is 0 Å². The van der Waals surface area contributed by atoms with Crippen molar-refractivity contribution >= 4 is 16.4 Å². The van der Waals surface area contributed by atoms with Crippen LogP contribution in [0, 0.1) is 5.92 Å². The quantitative estimate of drug-likeness (QED) is 0.561. The van der Waals surface area contributed by atoms with Crippen molar-refractivity contribution in [3.8, 4) is 5.75 Å². The Labute approximate surface area is 194 Å². The Balaban J connectivity index is 0.000000709. The third-order valence-electron chi connectivity index (χ3n) is 6.08. The van der Waals surface area contributed by atoms with Gasteiger partial charge in [0.05, 0.1) is 7.11 Å². The van der Waals surface area contributed by atoms with Crippen molar-refractivity contribution in [2.75, 3.05) is 33.3 Å². The van der Waals surface area contributed by atoms with Gasteiger partial charge in [0.2, 0.25) is 0 Å². The minimum absolute atomic E-state index is 0.0141. The second kappa shape index (κ2) is 11.0. The van der Waals surface area contributed by atoms with E-state index < -0.39 is 16.4 Å². The zero-order valence-corrected chi connectivity index (χ0v) is 19.6. The van der Waals surface area contributed by atoms with E-state index in [-0.39, 0.29) is 12.0 Å². The SMILES string of the molecule is COc1ccc(CN2CCN(S(=O)(=O)N[C@H]3[C@H](C)[C@@H]3c3ccccc3)CC2)cc1.O=C(O)O. The van der Waals surface area contributed by atoms with Gasteiger partial charge in [-0.25, -0.2) is 4.79 Å². The standard InChI is InChI=1S/C22H29N3O3S.CH2O3/c1-17-21(19-6-4-3-5-7-19)22(17)23-29(26,27)25-14-12-24(13-15-25)16-18-8-10-20(28-2)11-9-18;2-1(3)4/h3-11,17,21-23H,12-16H2,1-2H3;(H2,2,3,4)/t17-,21-,22+;/m1./s1. The zero-order valence-electron chi connectivity index (χ0n) is 18.8. The van der Waals surface area contributed by atoms with Crippen LogP contribution in [0.2, 0.25) is 0 Å². The van der Waals surface area contributed by atoms with Gasteiger partial charge in [0.25, 0.3) is 10.2 Å². The fraction of sp³-hybridized carbons (Fsp3) is 0.435. The molecule has 2 aromatic carbocycles. The largest absolute Gasteiger partial charge is 0.503 e. The normalized spacial score (nSPS) is 23.3. The Hall–Kier alpha value is -2.66. The molecule has 1 saturated heterocycles. The number of ether oxygens (including phenoxy) is 1. The molecule has 2 aromatic rings. The van der Waals surface area contributed by atoms with Crippen LogP contribution in [0.4, 0.5) is 4.79 Å². The molecule has 0 radical (unpaired) electrons. The number of carbonyl (C=O) groups is 1. The van der Waals surface area contributed by atoms with Crippen molar-refractivity contribution in [1.82, 2.24) is 13.9 Å². The van der Waals surface area contributed by atoms with Crippen LogP contribution in [0.15, 0.2) is 54.6 Å². The lowest BCUT2D eigenvalue weighted by Crippen LogP contribution is -2.52. The van der Waals surface area contributed by atoms with Gasteiger partial charge in [0.1, 0.15) is 5.75 Å². The number of nitrogens with zero attached hydrogens (tertiary/aromatic N) is 2. The molecule has 0 amide bonds. The van der Waals surface area contributed by atoms with E-state index in [0.29, 0.717) is 19.0 Å². The summed E-state index contributed by atoms with van der Waals surface area (Å²) in [7, 11) is -1.80. The van der Waals surface area contributed by atoms with Crippen LogP contribution in [0.25, 0.3) is 0 Å². The summed E-state index contributed by atoms with van der Waals surface area (Å²) in [6.07, 6.45) is -1.83. The van der Waals surface area contributed by atoms with Gasteiger partial charge < -0.3 is 14.9 Å². The molecule has 0 bridgehead atoms. The summed E-state index contributed by atoms with van der Waals surface area (Å²) >= 11 is 0. The average molecular weight is 478 g/mol. The fourth-order valence-corrected chi connectivity index (χ4v) is 5.69. The first-order chi connectivity index (χ1) is 15.7. The maximum atomic E-state index is 12.9. The topological polar surface area (TPSA) is 119 Å². The Kier molecular flexibility index (Phi) is 8.30. The summed E-state index contributed by atoms with van der Waals surface area (Å²) in [5.41, 5.74) is 2.41. The highest BCUT2D eigenvalue weighted by Gasteiger charge is 2.50. The van der Waals surface area contributed by atoms with E-state index in [1.807, 2.05) is 30.3 Å². The number of piperazine rings is 1. The number of carboxylic acid groups (broad SMARTS) is 2. The lowest BCUT2D eigenvalue weighted by Gasteiger charge is -2.34. The highest BCUT2D eigenvalue weighted by molar-refractivity contribution is 7.87. The Morgan fingerprint density at radius 1 is 1.03 bits per heavy atom. The van der Waals surface area contributed by atoms with Crippen molar-refractivity contribution < 1.29 is 28.2 Å². The number of rotatable bonds is 7. The van der Waals surface area contributed by atoms with Gasteiger partial charge in [-0.1, -0.05) is 49.4 Å². The van der Waals surface area contributed by atoms with Crippen LogP contribution in [0.5, 0.6) is 5.75 Å². The van der Waals surface area contributed by atoms with Gasteiger partial charge in [-0.15, -0.1) is 0 Å². The Morgan fingerprint density at radius 3 is 2.15 bits per heavy atom. The van der Waals surface area contributed by atoms with Gasteiger partial charge in [0, 0.05) is 44.7 Å². The van der Waals surface area contributed by atoms with E-state index in [4.69, 9.17) is 19.7 Å². The number of hydrogen-bond acceptors (Lipinski definition) is 5. The first-order valence-corrected chi connectivity index (χ1v) is 12.2. The van der Waals surface area contributed by atoms with Gasteiger partial charge >= 0.3 is 6.16 Å². The Morgan fingerprint density at radius 2 is 1.61 bits per heavy atom. The molecular formula is C23H31N3O6S. The van der Waals surface area contributed by atoms with E-state index in [0.717, 1.165) is 25.4 Å². The predicted octanol–water partition coefficient (Wildman–Crippen LogP) is 2.67. The van der Waals surface area contributed by atoms with E-state index in [2.05, 4.69) is 40.8 Å². The lowest BCUT2D eigenvalue weighted by atomic mass is 10.1. The van der Waals surface area contributed by atoms with Crippen molar-refractivity contribution in [3.05, 3.63) is 65.7 Å². The Bertz CT molecular complexity index is 1000. The minimum atomic E-state index is -3.46. The molecular weight excluding hydrogens is 446 g/mol. The molecule has 1 heterocycles. The number of hydrogen-bond donors (Lipinski definition) is 3. The van der Waals surface area contributed by atoms with Gasteiger partial charge in [-0.2, -0.15) is 17.4 Å². The van der Waals surface area contributed by atoms with E-state index in [1.165, 1.54) is 11.1 Å². The summed E-state index contributed by atoms with van der Waals surface area (Å²) in [6.45, 7) is 5.43. The molecule has 180 valence electrons. The molecule has 2 aliphatic rings. The third kappa shape index (κ3) is 6.91. The second-order valence-electron chi connectivity index (χ2n) is 8.25. The smallest absolute Gasteiger partial charge is 0.497 e. The first kappa shape index (κ1) is 25.0. The van der Waals surface area contributed by atoms with Crippen LogP contribution < -0.4 is 9.46 Å². The maximum Gasteiger partial charge on any atom is 0.503 e. The van der Waals surface area contributed by atoms with Gasteiger partial charge in [-0.3, -0.25) is 4.90 Å². The van der Waals surface area contributed by atoms with Crippen LogP contribution in [0.1, 0.15) is 24.0 Å². The molecule has 2 fully saturated rings. The van der Waals surface area contributed by atoms with Crippen LogP contribution in [0.3, 0.4) is 0 Å². The van der Waals surface area contributed by atoms with Crippen LogP contribution in [-0.4, -0.2) is 73.3 Å². The molecule has 3 N–H and O–H groups in total. The average Bonchev–Trinajstić information content (AvgIpc) is 3.42. The number of nitrogens with one attached hydrogen (secondary N) is 1.